The number of aliphatic hydroxyl groups excluding tert-OH is 1. The Bertz CT molecular complexity index is 378. The minimum atomic E-state index is -0.721. The van der Waals surface area contributed by atoms with Crippen LogP contribution in [0, 0.1) is 0 Å². The van der Waals surface area contributed by atoms with E-state index in [9.17, 15) is 4.79 Å². The summed E-state index contributed by atoms with van der Waals surface area (Å²) in [5.41, 5.74) is 0. The number of aliphatic hydroxyl groups is 1. The van der Waals surface area contributed by atoms with Gasteiger partial charge in [-0.15, -0.1) is 0 Å². The van der Waals surface area contributed by atoms with Crippen molar-refractivity contribution in [3.63, 3.8) is 0 Å². The van der Waals surface area contributed by atoms with Crippen molar-refractivity contribution >= 4 is 5.97 Å². The van der Waals surface area contributed by atoms with Gasteiger partial charge in [0.15, 0.2) is 0 Å². The summed E-state index contributed by atoms with van der Waals surface area (Å²) >= 11 is 0. The average Bonchev–Trinajstić information content (AvgIpc) is 2.53. The maximum absolute atomic E-state index is 10.3. The molecule has 0 atom stereocenters. The van der Waals surface area contributed by atoms with E-state index >= 15 is 0 Å². The fourth-order valence-corrected chi connectivity index (χ4v) is 1.97. The molecule has 0 unspecified atom stereocenters. The quantitative estimate of drug-likeness (QED) is 0.322. The molecule has 0 aromatic rings. The fourth-order valence-electron chi connectivity index (χ4n) is 1.97. The maximum Gasteiger partial charge on any atom is 0.303 e. The summed E-state index contributed by atoms with van der Waals surface area (Å²) in [5, 5.41) is 17.1. The molecule has 0 spiro atoms. The van der Waals surface area contributed by atoms with Crippen LogP contribution >= 0.6 is 0 Å². The molecule has 0 rings (SSSR count). The van der Waals surface area contributed by atoms with Gasteiger partial charge in [-0.3, -0.25) is 4.79 Å². The van der Waals surface area contributed by atoms with Crippen molar-refractivity contribution in [2.24, 2.45) is 0 Å². The largest absolute Gasteiger partial charge is 0.481 e. The third kappa shape index (κ3) is 20.4. The van der Waals surface area contributed by atoms with Gasteiger partial charge in [0.05, 0.1) is 0 Å². The number of allylic oxidation sites excluding steroid dienone is 8. The minimum Gasteiger partial charge on any atom is -0.481 e. The van der Waals surface area contributed by atoms with E-state index in [1.165, 1.54) is 0 Å². The van der Waals surface area contributed by atoms with E-state index in [1.807, 2.05) is 0 Å². The molecule has 0 heterocycles. The summed E-state index contributed by atoms with van der Waals surface area (Å²) in [4.78, 5) is 10.3. The Labute approximate surface area is 141 Å². The number of hydrogen-bond acceptors (Lipinski definition) is 2. The highest BCUT2D eigenvalue weighted by Crippen LogP contribution is 2.01. The lowest BCUT2D eigenvalue weighted by Crippen LogP contribution is -1.92. The van der Waals surface area contributed by atoms with Crippen LogP contribution in [0.2, 0.25) is 0 Å². The molecule has 130 valence electrons. The molecule has 3 heteroatoms. The van der Waals surface area contributed by atoms with Gasteiger partial charge >= 0.3 is 5.97 Å². The van der Waals surface area contributed by atoms with Gasteiger partial charge in [-0.05, 0) is 51.4 Å². The monoisotopic (exact) mass is 320 g/mol. The van der Waals surface area contributed by atoms with E-state index in [-0.39, 0.29) is 6.42 Å². The van der Waals surface area contributed by atoms with Gasteiger partial charge in [0.2, 0.25) is 0 Å². The van der Waals surface area contributed by atoms with Crippen LogP contribution < -0.4 is 0 Å². The van der Waals surface area contributed by atoms with Crippen LogP contribution in [-0.2, 0) is 4.79 Å². The number of carbonyl (C=O) groups is 1. The SMILES string of the molecule is O=C(O)CCC/C=C\C/C=C/C/C=C\C/C=C\CCCCCO. The number of unbranched alkanes of at least 4 members (excludes halogenated alkanes) is 4. The highest BCUT2D eigenvalue weighted by molar-refractivity contribution is 5.66. The lowest BCUT2D eigenvalue weighted by atomic mass is 10.2. The molecule has 0 aromatic carbocycles. The smallest absolute Gasteiger partial charge is 0.303 e. The van der Waals surface area contributed by atoms with Crippen molar-refractivity contribution in [3.05, 3.63) is 48.6 Å². The number of carboxylic acid groups (broad SMARTS) is 1. The van der Waals surface area contributed by atoms with Gasteiger partial charge in [-0.25, -0.2) is 0 Å². The second-order valence-corrected chi connectivity index (χ2v) is 5.45. The second kappa shape index (κ2) is 18.4. The zero-order valence-corrected chi connectivity index (χ0v) is 14.2. The molecule has 0 radical (unpaired) electrons. The molecule has 0 fully saturated rings. The van der Waals surface area contributed by atoms with Crippen LogP contribution in [0.3, 0.4) is 0 Å². The fraction of sp³-hybridized carbons (Fsp3) is 0.550. The molecule has 0 amide bonds. The molecular formula is C20H32O3. The van der Waals surface area contributed by atoms with Crippen LogP contribution in [0.15, 0.2) is 48.6 Å². The summed E-state index contributed by atoms with van der Waals surface area (Å²) in [6.07, 6.45) is 26.1. The summed E-state index contributed by atoms with van der Waals surface area (Å²) in [7, 11) is 0. The van der Waals surface area contributed by atoms with Crippen molar-refractivity contribution in [2.75, 3.05) is 6.61 Å². The molecule has 0 bridgehead atoms. The van der Waals surface area contributed by atoms with Gasteiger partial charge in [0, 0.05) is 13.0 Å². The highest BCUT2D eigenvalue weighted by atomic mass is 16.4. The molecule has 0 aliphatic heterocycles. The lowest BCUT2D eigenvalue weighted by Gasteiger charge is -1.93. The van der Waals surface area contributed by atoms with Crippen LogP contribution in [0.1, 0.15) is 64.2 Å². The normalized spacial score (nSPS) is 12.4. The van der Waals surface area contributed by atoms with Crippen molar-refractivity contribution in [3.8, 4) is 0 Å². The van der Waals surface area contributed by atoms with Crippen molar-refractivity contribution < 1.29 is 15.0 Å². The zero-order valence-electron chi connectivity index (χ0n) is 14.2. The molecule has 23 heavy (non-hydrogen) atoms. The molecule has 0 saturated carbocycles. The molecule has 3 nitrogen and oxygen atoms in total. The Kier molecular flexibility index (Phi) is 17.1. The van der Waals surface area contributed by atoms with Crippen molar-refractivity contribution in [2.45, 2.75) is 64.2 Å². The van der Waals surface area contributed by atoms with Gasteiger partial charge in [0.1, 0.15) is 0 Å². The lowest BCUT2D eigenvalue weighted by molar-refractivity contribution is -0.137. The zero-order chi connectivity index (χ0) is 17.0. The average molecular weight is 320 g/mol. The first kappa shape index (κ1) is 21.4. The minimum absolute atomic E-state index is 0.252. The number of hydrogen-bond donors (Lipinski definition) is 2. The van der Waals surface area contributed by atoms with Crippen LogP contribution in [0.5, 0.6) is 0 Å². The Balaban J connectivity index is 3.39. The number of aliphatic carboxylic acids is 1. The first-order valence-electron chi connectivity index (χ1n) is 8.70. The third-order valence-electron chi connectivity index (χ3n) is 3.27. The molecule has 0 aromatic heterocycles. The van der Waals surface area contributed by atoms with Crippen LogP contribution in [0.25, 0.3) is 0 Å². The van der Waals surface area contributed by atoms with Gasteiger partial charge in [-0.2, -0.15) is 0 Å². The van der Waals surface area contributed by atoms with Crippen molar-refractivity contribution in [1.82, 2.24) is 0 Å². The van der Waals surface area contributed by atoms with Crippen LogP contribution in [0.4, 0.5) is 0 Å². The van der Waals surface area contributed by atoms with E-state index in [1.54, 1.807) is 0 Å². The summed E-state index contributed by atoms with van der Waals surface area (Å²) in [6.45, 7) is 0.306. The Hall–Kier alpha value is -1.61. The summed E-state index contributed by atoms with van der Waals surface area (Å²) in [5.74, 6) is -0.721. The number of carboxylic acids is 1. The van der Waals surface area contributed by atoms with E-state index in [2.05, 4.69) is 48.6 Å². The second-order valence-electron chi connectivity index (χ2n) is 5.45. The Morgan fingerprint density at radius 3 is 1.61 bits per heavy atom. The Morgan fingerprint density at radius 1 is 0.652 bits per heavy atom. The van der Waals surface area contributed by atoms with Gasteiger partial charge < -0.3 is 10.2 Å². The Morgan fingerprint density at radius 2 is 1.13 bits per heavy atom. The van der Waals surface area contributed by atoms with Gasteiger partial charge in [-0.1, -0.05) is 55.0 Å². The number of rotatable bonds is 15. The predicted octanol–water partition coefficient (Wildman–Crippen LogP) is 5.19. The first-order valence-corrected chi connectivity index (χ1v) is 8.70. The maximum atomic E-state index is 10.3. The molecule has 2 N–H and O–H groups in total. The van der Waals surface area contributed by atoms with E-state index in [0.717, 1.165) is 51.4 Å². The molecule has 0 aliphatic rings. The van der Waals surface area contributed by atoms with E-state index in [0.29, 0.717) is 13.0 Å². The first-order chi connectivity index (χ1) is 11.3. The highest BCUT2D eigenvalue weighted by Gasteiger charge is 1.92. The predicted molar refractivity (Wildman–Crippen MR) is 97.5 cm³/mol. The molecule has 0 saturated heterocycles. The van der Waals surface area contributed by atoms with Crippen molar-refractivity contribution in [1.29, 1.82) is 0 Å². The standard InChI is InChI=1S/C20H32O3/c21-19-17-15-13-11-9-7-5-3-1-2-4-6-8-10-12-14-16-18-20(22)23/h1,3-4,6-7,9-10,12,21H,2,5,8,11,13-19H2,(H,22,23)/b3-1-,6-4+,9-7-,12-10-. The molecule has 0 aliphatic carbocycles. The van der Waals surface area contributed by atoms with E-state index in [4.69, 9.17) is 10.2 Å². The van der Waals surface area contributed by atoms with Gasteiger partial charge in [0.25, 0.3) is 0 Å². The van der Waals surface area contributed by atoms with Crippen LogP contribution in [-0.4, -0.2) is 22.8 Å². The van der Waals surface area contributed by atoms with E-state index < -0.39 is 5.97 Å². The summed E-state index contributed by atoms with van der Waals surface area (Å²) in [6, 6.07) is 0. The topological polar surface area (TPSA) is 57.5 Å². The molecular weight excluding hydrogens is 288 g/mol. The summed E-state index contributed by atoms with van der Waals surface area (Å²) < 4.78 is 0. The third-order valence-corrected chi connectivity index (χ3v) is 3.27.